The molecule has 1 N–H and O–H groups in total. The van der Waals surface area contributed by atoms with E-state index in [1.165, 1.54) is 0 Å². The number of hydrogen-bond donors (Lipinski definition) is 1. The smallest absolute Gasteiger partial charge is 0.224 e. The van der Waals surface area contributed by atoms with E-state index in [1.54, 1.807) is 6.26 Å². The molecule has 0 saturated carbocycles. The Kier molecular flexibility index (Phi) is 3.60. The van der Waals surface area contributed by atoms with E-state index < -0.39 is 0 Å². The molecule has 0 spiro atoms. The molecule has 0 bridgehead atoms. The van der Waals surface area contributed by atoms with E-state index in [1.807, 2.05) is 53.1 Å². The molecule has 1 amide bonds. The number of aromatic nitrogens is 3. The quantitative estimate of drug-likeness (QED) is 0.535. The normalized spacial score (nSPS) is 11.4. The second kappa shape index (κ2) is 6.25. The fourth-order valence-corrected chi connectivity index (χ4v) is 3.43. The van der Waals surface area contributed by atoms with Crippen molar-refractivity contribution in [3.8, 4) is 0 Å². The molecule has 2 aromatic carbocycles. The predicted octanol–water partition coefficient (Wildman–Crippen LogP) is 3.49. The minimum Gasteiger partial charge on any atom is -0.464 e. The van der Waals surface area contributed by atoms with Crippen LogP contribution in [-0.4, -0.2) is 20.5 Å². The lowest BCUT2D eigenvalue weighted by molar-refractivity contribution is -0.120. The minimum absolute atomic E-state index is 0.0849. The number of furan rings is 1. The molecule has 6 heteroatoms. The molecule has 5 rings (SSSR count). The summed E-state index contributed by atoms with van der Waals surface area (Å²) in [7, 11) is 0. The van der Waals surface area contributed by atoms with Crippen LogP contribution in [0.4, 0.5) is 0 Å². The number of rotatable bonds is 4. The number of fused-ring (bicyclic) bond motifs is 4. The number of benzene rings is 2. The minimum atomic E-state index is -0.0849. The molecule has 0 radical (unpaired) electrons. The number of nitrogens with zero attached hydrogens (tertiary/aromatic N) is 3. The highest BCUT2D eigenvalue weighted by molar-refractivity contribution is 6.08. The number of carbonyl (C=O) groups is 1. The predicted molar refractivity (Wildman–Crippen MR) is 102 cm³/mol. The molecular weight excluding hydrogens is 340 g/mol. The first-order valence-corrected chi connectivity index (χ1v) is 8.73. The van der Waals surface area contributed by atoms with Crippen molar-refractivity contribution in [3.63, 3.8) is 0 Å². The number of pyridine rings is 1. The van der Waals surface area contributed by atoms with Gasteiger partial charge in [-0.2, -0.15) is 0 Å². The Labute approximate surface area is 154 Å². The molecule has 27 heavy (non-hydrogen) atoms. The highest BCUT2D eigenvalue weighted by Crippen LogP contribution is 2.30. The van der Waals surface area contributed by atoms with E-state index in [-0.39, 0.29) is 12.3 Å². The molecule has 3 aromatic heterocycles. The van der Waals surface area contributed by atoms with Crippen molar-refractivity contribution in [3.05, 3.63) is 78.4 Å². The maximum absolute atomic E-state index is 12.5. The van der Waals surface area contributed by atoms with Gasteiger partial charge < -0.3 is 9.73 Å². The van der Waals surface area contributed by atoms with Crippen molar-refractivity contribution in [2.75, 3.05) is 0 Å². The van der Waals surface area contributed by atoms with E-state index in [2.05, 4.69) is 27.6 Å². The maximum Gasteiger partial charge on any atom is 0.224 e. The van der Waals surface area contributed by atoms with Gasteiger partial charge >= 0.3 is 0 Å². The molecule has 0 aliphatic rings. The van der Waals surface area contributed by atoms with Crippen molar-refractivity contribution in [1.82, 2.24) is 19.9 Å². The van der Waals surface area contributed by atoms with Crippen LogP contribution < -0.4 is 5.32 Å². The van der Waals surface area contributed by atoms with Crippen LogP contribution in [-0.2, 0) is 17.8 Å². The summed E-state index contributed by atoms with van der Waals surface area (Å²) in [4.78, 5) is 12.5. The van der Waals surface area contributed by atoms with Gasteiger partial charge in [-0.15, -0.1) is 10.2 Å². The summed E-state index contributed by atoms with van der Waals surface area (Å²) in [6.45, 7) is 0.320. The lowest BCUT2D eigenvalue weighted by Gasteiger charge is -2.05. The van der Waals surface area contributed by atoms with Crippen molar-refractivity contribution >= 4 is 33.3 Å². The van der Waals surface area contributed by atoms with Gasteiger partial charge in [0.2, 0.25) is 5.91 Å². The zero-order valence-electron chi connectivity index (χ0n) is 14.4. The third-order valence-electron chi connectivity index (χ3n) is 4.72. The van der Waals surface area contributed by atoms with Crippen LogP contribution in [0.1, 0.15) is 11.4 Å². The first-order valence-electron chi connectivity index (χ1n) is 8.73. The van der Waals surface area contributed by atoms with Gasteiger partial charge in [0.1, 0.15) is 5.58 Å². The van der Waals surface area contributed by atoms with Crippen molar-refractivity contribution in [1.29, 1.82) is 0 Å². The Bertz CT molecular complexity index is 1290. The third-order valence-corrected chi connectivity index (χ3v) is 4.72. The van der Waals surface area contributed by atoms with Gasteiger partial charge in [0, 0.05) is 17.1 Å². The van der Waals surface area contributed by atoms with Crippen molar-refractivity contribution < 1.29 is 9.21 Å². The first kappa shape index (κ1) is 15.6. The van der Waals surface area contributed by atoms with E-state index in [9.17, 15) is 4.79 Å². The molecule has 6 nitrogen and oxygen atoms in total. The van der Waals surface area contributed by atoms with Crippen LogP contribution in [0.3, 0.4) is 0 Å². The SMILES string of the molecule is O=C(Cc1coc2ccc3ccccc3c12)NCc1nnc2ccccn12. The Morgan fingerprint density at radius 1 is 1.04 bits per heavy atom. The standard InChI is InChI=1S/C21H16N4O2/c26-20(22-12-19-24-23-18-7-3-4-10-25(18)19)11-15-13-27-17-9-8-14-5-1-2-6-16(14)21(15)17/h1-10,13H,11-12H2,(H,22,26). The molecule has 3 heterocycles. The Morgan fingerprint density at radius 2 is 1.93 bits per heavy atom. The molecular formula is C21H16N4O2. The fraction of sp³-hybridized carbons (Fsp3) is 0.0952. The monoisotopic (exact) mass is 356 g/mol. The van der Waals surface area contributed by atoms with E-state index in [0.29, 0.717) is 12.4 Å². The van der Waals surface area contributed by atoms with Crippen LogP contribution in [0.25, 0.3) is 27.4 Å². The first-order chi connectivity index (χ1) is 13.3. The number of carbonyl (C=O) groups excluding carboxylic acids is 1. The van der Waals surface area contributed by atoms with Crippen LogP contribution in [0, 0.1) is 0 Å². The average Bonchev–Trinajstić information content (AvgIpc) is 3.31. The Morgan fingerprint density at radius 3 is 2.89 bits per heavy atom. The Hall–Kier alpha value is -3.67. The summed E-state index contributed by atoms with van der Waals surface area (Å²) < 4.78 is 7.52. The zero-order valence-corrected chi connectivity index (χ0v) is 14.4. The molecule has 5 aromatic rings. The summed E-state index contributed by atoms with van der Waals surface area (Å²) in [5, 5.41) is 14.4. The fourth-order valence-electron chi connectivity index (χ4n) is 3.43. The number of hydrogen-bond acceptors (Lipinski definition) is 4. The van der Waals surface area contributed by atoms with Crippen molar-refractivity contribution in [2.24, 2.45) is 0 Å². The van der Waals surface area contributed by atoms with Gasteiger partial charge in [0.15, 0.2) is 11.5 Å². The molecule has 0 aliphatic heterocycles. The van der Waals surface area contributed by atoms with E-state index in [4.69, 9.17) is 4.42 Å². The summed E-state index contributed by atoms with van der Waals surface area (Å²) in [6, 6.07) is 17.8. The maximum atomic E-state index is 12.5. The number of amides is 1. The molecule has 0 atom stereocenters. The highest BCUT2D eigenvalue weighted by atomic mass is 16.3. The van der Waals surface area contributed by atoms with E-state index >= 15 is 0 Å². The highest BCUT2D eigenvalue weighted by Gasteiger charge is 2.14. The van der Waals surface area contributed by atoms with E-state index in [0.717, 1.165) is 33.0 Å². The molecule has 0 saturated heterocycles. The summed E-state index contributed by atoms with van der Waals surface area (Å²) in [5.41, 5.74) is 2.43. The van der Waals surface area contributed by atoms with Gasteiger partial charge in [-0.3, -0.25) is 9.20 Å². The molecule has 132 valence electrons. The summed E-state index contributed by atoms with van der Waals surface area (Å²) in [6.07, 6.45) is 3.80. The van der Waals surface area contributed by atoms with Crippen LogP contribution in [0.2, 0.25) is 0 Å². The Balaban J connectivity index is 1.39. The topological polar surface area (TPSA) is 72.4 Å². The molecule has 0 fully saturated rings. The summed E-state index contributed by atoms with van der Waals surface area (Å²) in [5.74, 6) is 0.611. The van der Waals surface area contributed by atoms with Crippen molar-refractivity contribution in [2.45, 2.75) is 13.0 Å². The average molecular weight is 356 g/mol. The number of nitrogens with one attached hydrogen (secondary N) is 1. The van der Waals surface area contributed by atoms with Gasteiger partial charge in [0.05, 0.1) is 19.2 Å². The van der Waals surface area contributed by atoms with Gasteiger partial charge in [0.25, 0.3) is 0 Å². The molecule has 0 unspecified atom stereocenters. The summed E-state index contributed by atoms with van der Waals surface area (Å²) >= 11 is 0. The van der Waals surface area contributed by atoms with Gasteiger partial charge in [-0.1, -0.05) is 36.4 Å². The van der Waals surface area contributed by atoms with Crippen LogP contribution in [0.5, 0.6) is 0 Å². The van der Waals surface area contributed by atoms with Crippen LogP contribution >= 0.6 is 0 Å². The van der Waals surface area contributed by atoms with Crippen LogP contribution in [0.15, 0.2) is 71.5 Å². The lowest BCUT2D eigenvalue weighted by atomic mass is 10.0. The zero-order chi connectivity index (χ0) is 18.2. The van der Waals surface area contributed by atoms with Gasteiger partial charge in [-0.25, -0.2) is 0 Å². The largest absolute Gasteiger partial charge is 0.464 e. The lowest BCUT2D eigenvalue weighted by Crippen LogP contribution is -2.25. The third kappa shape index (κ3) is 2.71. The van der Waals surface area contributed by atoms with Gasteiger partial charge in [-0.05, 0) is 29.0 Å². The molecule has 0 aliphatic carbocycles. The second-order valence-corrected chi connectivity index (χ2v) is 6.42. The second-order valence-electron chi connectivity index (χ2n) is 6.42.